The summed E-state index contributed by atoms with van der Waals surface area (Å²) in [7, 11) is 0. The molecule has 1 amide bonds. The average molecular weight is 423 g/mol. The summed E-state index contributed by atoms with van der Waals surface area (Å²) in [4.78, 5) is 44.0. The van der Waals surface area contributed by atoms with Gasteiger partial charge in [-0.25, -0.2) is 14.6 Å². The van der Waals surface area contributed by atoms with Gasteiger partial charge in [-0.3, -0.25) is 9.36 Å². The number of aromatic nitrogens is 2. The van der Waals surface area contributed by atoms with Crippen LogP contribution in [0.1, 0.15) is 48.7 Å². The fourth-order valence-electron chi connectivity index (χ4n) is 2.86. The average Bonchev–Trinajstić information content (AvgIpc) is 3.04. The molecule has 1 aromatic heterocycles. The van der Waals surface area contributed by atoms with Crippen molar-refractivity contribution in [2.45, 2.75) is 39.8 Å². The first-order valence-electron chi connectivity index (χ1n) is 9.13. The number of anilines is 1. The zero-order chi connectivity index (χ0) is 21.8. The number of aromatic carboxylic acids is 1. The summed E-state index contributed by atoms with van der Waals surface area (Å²) in [6, 6.07) is 0. The molecule has 0 spiro atoms. The maximum absolute atomic E-state index is 12.4. The van der Waals surface area contributed by atoms with Crippen LogP contribution in [-0.2, 0) is 11.3 Å². The van der Waals surface area contributed by atoms with Gasteiger partial charge in [0.05, 0.1) is 6.54 Å². The predicted octanol–water partition coefficient (Wildman–Crippen LogP) is 2.16. The van der Waals surface area contributed by atoms with E-state index in [0.717, 1.165) is 11.8 Å². The van der Waals surface area contributed by atoms with Crippen LogP contribution in [0.5, 0.6) is 0 Å². The highest BCUT2D eigenvalue weighted by Gasteiger charge is 2.32. The lowest BCUT2D eigenvalue weighted by Crippen LogP contribution is -2.50. The first kappa shape index (κ1) is 22.6. The van der Waals surface area contributed by atoms with Gasteiger partial charge in [0.15, 0.2) is 5.69 Å². The van der Waals surface area contributed by atoms with E-state index >= 15 is 0 Å². The SMILES string of the molecule is CC#CCn1c(N2CCN(C(=O)OC(C)(C)C)CC2)nc(C(=O)O)c1C(=O)SC. The van der Waals surface area contributed by atoms with Crippen molar-refractivity contribution in [2.24, 2.45) is 0 Å². The molecule has 1 aliphatic rings. The minimum atomic E-state index is -1.26. The molecule has 1 fully saturated rings. The van der Waals surface area contributed by atoms with Gasteiger partial charge in [-0.1, -0.05) is 17.7 Å². The highest BCUT2D eigenvalue weighted by atomic mass is 32.2. The van der Waals surface area contributed by atoms with E-state index in [1.54, 1.807) is 22.6 Å². The zero-order valence-corrected chi connectivity index (χ0v) is 18.1. The molecule has 0 unspecified atom stereocenters. The van der Waals surface area contributed by atoms with Gasteiger partial charge in [0.2, 0.25) is 11.1 Å². The Bertz CT molecular complexity index is 854. The van der Waals surface area contributed by atoms with Crippen LogP contribution >= 0.6 is 11.8 Å². The normalized spacial score (nSPS) is 14.2. The van der Waals surface area contributed by atoms with Crippen molar-refractivity contribution in [1.29, 1.82) is 0 Å². The number of imidazole rings is 1. The molecule has 2 rings (SSSR count). The summed E-state index contributed by atoms with van der Waals surface area (Å²) < 4.78 is 6.94. The smallest absolute Gasteiger partial charge is 0.410 e. The second kappa shape index (κ2) is 9.22. The largest absolute Gasteiger partial charge is 0.476 e. The number of carbonyl (C=O) groups is 3. The first-order valence-corrected chi connectivity index (χ1v) is 10.4. The Morgan fingerprint density at radius 3 is 2.31 bits per heavy atom. The van der Waals surface area contributed by atoms with Crippen LogP contribution in [-0.4, -0.2) is 74.8 Å². The first-order chi connectivity index (χ1) is 13.6. The van der Waals surface area contributed by atoms with Crippen LogP contribution in [0.15, 0.2) is 0 Å². The van der Waals surface area contributed by atoms with E-state index in [2.05, 4.69) is 16.8 Å². The highest BCUT2D eigenvalue weighted by molar-refractivity contribution is 8.13. The van der Waals surface area contributed by atoms with Gasteiger partial charge < -0.3 is 19.6 Å². The summed E-state index contributed by atoms with van der Waals surface area (Å²) in [5.74, 6) is 4.74. The van der Waals surface area contributed by atoms with Gasteiger partial charge in [0, 0.05) is 26.2 Å². The summed E-state index contributed by atoms with van der Waals surface area (Å²) in [6.45, 7) is 8.91. The number of ether oxygens (including phenoxy) is 1. The van der Waals surface area contributed by atoms with Crippen molar-refractivity contribution in [1.82, 2.24) is 14.5 Å². The second-order valence-corrected chi connectivity index (χ2v) is 8.15. The number of hydrogen-bond acceptors (Lipinski definition) is 7. The number of hydrogen-bond donors (Lipinski definition) is 1. The Balaban J connectivity index is 2.30. The van der Waals surface area contributed by atoms with E-state index in [-0.39, 0.29) is 29.1 Å². The summed E-state index contributed by atoms with van der Waals surface area (Å²) in [6.07, 6.45) is 1.21. The lowest BCUT2D eigenvalue weighted by atomic mass is 10.2. The molecular weight excluding hydrogens is 396 g/mol. The molecule has 29 heavy (non-hydrogen) atoms. The van der Waals surface area contributed by atoms with Gasteiger partial charge >= 0.3 is 12.1 Å². The maximum atomic E-state index is 12.4. The van der Waals surface area contributed by atoms with Crippen LogP contribution in [0, 0.1) is 11.8 Å². The fourth-order valence-corrected chi connectivity index (χ4v) is 3.26. The van der Waals surface area contributed by atoms with E-state index in [9.17, 15) is 19.5 Å². The molecule has 10 heteroatoms. The number of nitrogens with zero attached hydrogens (tertiary/aromatic N) is 4. The fraction of sp³-hybridized carbons (Fsp3) is 0.579. The van der Waals surface area contributed by atoms with Gasteiger partial charge in [0.1, 0.15) is 11.3 Å². The monoisotopic (exact) mass is 422 g/mol. The van der Waals surface area contributed by atoms with Crippen molar-refractivity contribution in [3.05, 3.63) is 11.4 Å². The lowest BCUT2D eigenvalue weighted by molar-refractivity contribution is 0.0239. The van der Waals surface area contributed by atoms with Crippen LogP contribution in [0.4, 0.5) is 10.7 Å². The van der Waals surface area contributed by atoms with E-state index in [1.807, 2.05) is 25.7 Å². The number of carboxylic acids is 1. The number of thioether (sulfide) groups is 1. The summed E-state index contributed by atoms with van der Waals surface area (Å²) in [5.41, 5.74) is -0.837. The Morgan fingerprint density at radius 2 is 1.83 bits per heavy atom. The van der Waals surface area contributed by atoms with Crippen LogP contribution < -0.4 is 4.90 Å². The van der Waals surface area contributed by atoms with Gasteiger partial charge in [-0.2, -0.15) is 0 Å². The third-order valence-corrected chi connectivity index (χ3v) is 4.72. The molecule has 0 radical (unpaired) electrons. The number of rotatable bonds is 4. The van der Waals surface area contributed by atoms with Gasteiger partial charge in [-0.15, -0.1) is 5.92 Å². The van der Waals surface area contributed by atoms with Crippen LogP contribution in [0.3, 0.4) is 0 Å². The molecule has 1 aliphatic heterocycles. The maximum Gasteiger partial charge on any atom is 0.410 e. The molecule has 1 N–H and O–H groups in total. The molecular formula is C19H26N4O5S. The highest BCUT2D eigenvalue weighted by Crippen LogP contribution is 2.25. The van der Waals surface area contributed by atoms with E-state index in [4.69, 9.17) is 4.74 Å². The second-order valence-electron chi connectivity index (χ2n) is 7.37. The van der Waals surface area contributed by atoms with Crippen LogP contribution in [0.2, 0.25) is 0 Å². The van der Waals surface area contributed by atoms with Gasteiger partial charge in [-0.05, 0) is 34.0 Å². The Labute approximate surface area is 174 Å². The van der Waals surface area contributed by atoms with Crippen molar-refractivity contribution in [2.75, 3.05) is 37.3 Å². The molecule has 0 atom stereocenters. The molecule has 158 valence electrons. The standard InChI is InChI=1S/C19H26N4O5S/c1-6-7-8-23-14(16(26)29-5)13(15(24)25)20-17(23)21-9-11-22(12-10-21)18(27)28-19(2,3)4/h8-12H2,1-5H3,(H,24,25). The zero-order valence-electron chi connectivity index (χ0n) is 17.3. The molecule has 1 aromatic rings. The molecule has 0 aromatic carbocycles. The Morgan fingerprint density at radius 1 is 1.21 bits per heavy atom. The van der Waals surface area contributed by atoms with E-state index < -0.39 is 11.6 Å². The predicted molar refractivity (Wildman–Crippen MR) is 111 cm³/mol. The molecule has 0 saturated carbocycles. The number of carboxylic acid groups (broad SMARTS) is 1. The molecule has 0 aliphatic carbocycles. The van der Waals surface area contributed by atoms with Crippen molar-refractivity contribution < 1.29 is 24.2 Å². The third-order valence-electron chi connectivity index (χ3n) is 4.16. The van der Waals surface area contributed by atoms with Crippen molar-refractivity contribution in [3.8, 4) is 11.8 Å². The quantitative estimate of drug-likeness (QED) is 0.736. The third kappa shape index (κ3) is 5.44. The topological polar surface area (TPSA) is 105 Å². The number of piperazine rings is 1. The number of carbonyl (C=O) groups excluding carboxylic acids is 2. The van der Waals surface area contributed by atoms with E-state index in [1.165, 1.54) is 0 Å². The van der Waals surface area contributed by atoms with Gasteiger partial charge in [0.25, 0.3) is 0 Å². The van der Waals surface area contributed by atoms with Crippen LogP contribution in [0.25, 0.3) is 0 Å². The van der Waals surface area contributed by atoms with Crippen molar-refractivity contribution in [3.63, 3.8) is 0 Å². The lowest BCUT2D eigenvalue weighted by Gasteiger charge is -2.36. The Hall–Kier alpha value is -2.67. The van der Waals surface area contributed by atoms with Crippen molar-refractivity contribution >= 4 is 34.9 Å². The van der Waals surface area contributed by atoms with E-state index in [0.29, 0.717) is 32.1 Å². The Kier molecular flexibility index (Phi) is 7.19. The molecule has 2 heterocycles. The summed E-state index contributed by atoms with van der Waals surface area (Å²) in [5, 5.41) is 9.15. The molecule has 9 nitrogen and oxygen atoms in total. The number of amides is 1. The molecule has 0 bridgehead atoms. The minimum absolute atomic E-state index is 0.0253. The molecule has 1 saturated heterocycles. The summed E-state index contributed by atoms with van der Waals surface area (Å²) >= 11 is 0.927. The minimum Gasteiger partial charge on any atom is -0.476 e.